The zero-order chi connectivity index (χ0) is 14.1. The molecule has 2 atom stereocenters. The molecule has 20 heavy (non-hydrogen) atoms. The molecule has 1 aromatic rings. The highest BCUT2D eigenvalue weighted by Crippen LogP contribution is 2.35. The number of hydrogen-bond acceptors (Lipinski definition) is 3. The Morgan fingerprint density at radius 3 is 2.55 bits per heavy atom. The number of fused-ring (bicyclic) bond motifs is 2. The van der Waals surface area contributed by atoms with Gasteiger partial charge in [0.2, 0.25) is 0 Å². The van der Waals surface area contributed by atoms with E-state index in [2.05, 4.69) is 22.6 Å². The number of carbonyl (C=O) groups is 1. The zero-order valence-electron chi connectivity index (χ0n) is 11.8. The Balaban J connectivity index is 1.65. The number of carbonyl (C=O) groups excluding carboxylic acids is 1. The van der Waals surface area contributed by atoms with E-state index in [4.69, 9.17) is 5.73 Å². The van der Waals surface area contributed by atoms with Gasteiger partial charge in [0, 0.05) is 29.5 Å². The van der Waals surface area contributed by atoms with Crippen LogP contribution in [-0.4, -0.2) is 36.1 Å². The Hall–Kier alpha value is -1.75. The van der Waals surface area contributed by atoms with Crippen molar-refractivity contribution in [2.24, 2.45) is 5.73 Å². The lowest BCUT2D eigenvalue weighted by Gasteiger charge is -2.37. The van der Waals surface area contributed by atoms with E-state index in [1.54, 1.807) is 0 Å². The van der Waals surface area contributed by atoms with E-state index >= 15 is 0 Å². The minimum Gasteiger partial charge on any atom is -0.382 e. The van der Waals surface area contributed by atoms with Crippen LogP contribution in [0.1, 0.15) is 25.7 Å². The van der Waals surface area contributed by atoms with Crippen LogP contribution in [0.5, 0.6) is 0 Å². The second-order valence-electron chi connectivity index (χ2n) is 5.93. The lowest BCUT2D eigenvalue weighted by atomic mass is 9.98. The molecule has 2 aliphatic heterocycles. The van der Waals surface area contributed by atoms with E-state index in [-0.39, 0.29) is 0 Å². The number of benzene rings is 1. The molecule has 0 aromatic heterocycles. The number of nitrogens with one attached hydrogen (secondary N) is 2. The van der Waals surface area contributed by atoms with Crippen LogP contribution in [0, 0.1) is 0 Å². The SMILES string of the molecule is CN1C2CCC1CC(Nc1cccc(NC(N)=O)c1)C2. The number of anilines is 2. The molecule has 2 saturated heterocycles. The van der Waals surface area contributed by atoms with Crippen molar-refractivity contribution in [2.45, 2.75) is 43.8 Å². The molecule has 2 aliphatic rings. The summed E-state index contributed by atoms with van der Waals surface area (Å²) in [6.07, 6.45) is 5.03. The van der Waals surface area contributed by atoms with Gasteiger partial charge in [0.05, 0.1) is 0 Å². The molecule has 2 bridgehead atoms. The molecule has 1 aromatic carbocycles. The monoisotopic (exact) mass is 274 g/mol. The first-order chi connectivity index (χ1) is 9.61. The highest BCUT2D eigenvalue weighted by Gasteiger charge is 2.38. The molecule has 2 amide bonds. The highest BCUT2D eigenvalue weighted by atomic mass is 16.2. The number of hydrogen-bond donors (Lipinski definition) is 3. The second-order valence-corrected chi connectivity index (χ2v) is 5.93. The fraction of sp³-hybridized carbons (Fsp3) is 0.533. The second kappa shape index (κ2) is 5.32. The van der Waals surface area contributed by atoms with E-state index in [0.717, 1.165) is 23.5 Å². The first kappa shape index (κ1) is 13.2. The first-order valence-electron chi connectivity index (χ1n) is 7.27. The topological polar surface area (TPSA) is 70.4 Å². The maximum atomic E-state index is 10.9. The molecule has 5 nitrogen and oxygen atoms in total. The molecule has 0 saturated carbocycles. The normalized spacial score (nSPS) is 29.1. The van der Waals surface area contributed by atoms with Crippen LogP contribution >= 0.6 is 0 Å². The summed E-state index contributed by atoms with van der Waals surface area (Å²) >= 11 is 0. The standard InChI is InChI=1S/C15H22N4O/c1-19-13-5-6-14(19)9-12(8-13)17-10-3-2-4-11(7-10)18-15(16)20/h2-4,7,12-14,17H,5-6,8-9H2,1H3,(H3,16,18,20). The average Bonchev–Trinajstić information content (AvgIpc) is 2.61. The number of nitrogens with two attached hydrogens (primary N) is 1. The van der Waals surface area contributed by atoms with E-state index in [1.165, 1.54) is 25.7 Å². The van der Waals surface area contributed by atoms with Crippen LogP contribution in [-0.2, 0) is 0 Å². The molecule has 2 heterocycles. The van der Waals surface area contributed by atoms with Gasteiger partial charge in [-0.15, -0.1) is 0 Å². The number of piperidine rings is 1. The Morgan fingerprint density at radius 1 is 1.25 bits per heavy atom. The molecule has 5 heteroatoms. The molecule has 2 fully saturated rings. The Kier molecular flexibility index (Phi) is 3.53. The van der Waals surface area contributed by atoms with Gasteiger partial charge in [0.1, 0.15) is 0 Å². The molecular formula is C15H22N4O. The summed E-state index contributed by atoms with van der Waals surface area (Å²) in [5.74, 6) is 0. The fourth-order valence-electron chi connectivity index (χ4n) is 3.59. The maximum Gasteiger partial charge on any atom is 0.316 e. The summed E-state index contributed by atoms with van der Waals surface area (Å²) in [7, 11) is 2.25. The third kappa shape index (κ3) is 2.72. The van der Waals surface area contributed by atoms with Crippen LogP contribution in [0.25, 0.3) is 0 Å². The molecule has 4 N–H and O–H groups in total. The summed E-state index contributed by atoms with van der Waals surface area (Å²) in [4.78, 5) is 13.4. The van der Waals surface area contributed by atoms with Crippen molar-refractivity contribution in [2.75, 3.05) is 17.7 Å². The fourth-order valence-corrected chi connectivity index (χ4v) is 3.59. The van der Waals surface area contributed by atoms with Gasteiger partial charge in [0.25, 0.3) is 0 Å². The van der Waals surface area contributed by atoms with Crippen molar-refractivity contribution >= 4 is 17.4 Å². The van der Waals surface area contributed by atoms with Crippen LogP contribution < -0.4 is 16.4 Å². The van der Waals surface area contributed by atoms with Crippen molar-refractivity contribution in [1.82, 2.24) is 4.90 Å². The van der Waals surface area contributed by atoms with Gasteiger partial charge >= 0.3 is 6.03 Å². The summed E-state index contributed by atoms with van der Waals surface area (Å²) in [5, 5.41) is 6.21. The summed E-state index contributed by atoms with van der Waals surface area (Å²) in [5.41, 5.74) is 6.92. The van der Waals surface area contributed by atoms with E-state index in [9.17, 15) is 4.79 Å². The highest BCUT2D eigenvalue weighted by molar-refractivity contribution is 5.88. The summed E-state index contributed by atoms with van der Waals surface area (Å²) in [6, 6.07) is 9.17. The minimum absolute atomic E-state index is 0.521. The van der Waals surface area contributed by atoms with Crippen LogP contribution in [0.15, 0.2) is 24.3 Å². The van der Waals surface area contributed by atoms with Crippen molar-refractivity contribution in [1.29, 1.82) is 0 Å². The average molecular weight is 274 g/mol. The summed E-state index contributed by atoms with van der Waals surface area (Å²) < 4.78 is 0. The van der Waals surface area contributed by atoms with Crippen molar-refractivity contribution in [3.8, 4) is 0 Å². The van der Waals surface area contributed by atoms with Crippen molar-refractivity contribution in [3.63, 3.8) is 0 Å². The van der Waals surface area contributed by atoms with Gasteiger partial charge in [-0.3, -0.25) is 0 Å². The van der Waals surface area contributed by atoms with Gasteiger partial charge in [-0.25, -0.2) is 4.79 Å². The lowest BCUT2D eigenvalue weighted by Crippen LogP contribution is -2.44. The Bertz CT molecular complexity index is 490. The Labute approximate surface area is 119 Å². The number of rotatable bonds is 3. The predicted molar refractivity (Wildman–Crippen MR) is 80.9 cm³/mol. The third-order valence-electron chi connectivity index (χ3n) is 4.60. The van der Waals surface area contributed by atoms with Gasteiger partial charge in [-0.05, 0) is 50.9 Å². The van der Waals surface area contributed by atoms with Gasteiger partial charge < -0.3 is 21.3 Å². The number of primary amides is 1. The van der Waals surface area contributed by atoms with Crippen LogP contribution in [0.2, 0.25) is 0 Å². The molecule has 2 unspecified atom stereocenters. The first-order valence-corrected chi connectivity index (χ1v) is 7.27. The minimum atomic E-state index is -0.528. The van der Waals surface area contributed by atoms with Crippen molar-refractivity contribution in [3.05, 3.63) is 24.3 Å². The van der Waals surface area contributed by atoms with E-state index in [0.29, 0.717) is 6.04 Å². The van der Waals surface area contributed by atoms with Gasteiger partial charge in [-0.1, -0.05) is 6.07 Å². The molecule has 108 valence electrons. The van der Waals surface area contributed by atoms with E-state index < -0.39 is 6.03 Å². The maximum absolute atomic E-state index is 10.9. The Morgan fingerprint density at radius 2 is 1.90 bits per heavy atom. The molecule has 0 aliphatic carbocycles. The number of amides is 2. The number of urea groups is 1. The zero-order valence-corrected chi connectivity index (χ0v) is 11.8. The molecule has 0 spiro atoms. The predicted octanol–water partition coefficient (Wildman–Crippen LogP) is 2.21. The van der Waals surface area contributed by atoms with Gasteiger partial charge in [-0.2, -0.15) is 0 Å². The quantitative estimate of drug-likeness (QED) is 0.791. The molecule has 3 rings (SSSR count). The van der Waals surface area contributed by atoms with Crippen molar-refractivity contribution < 1.29 is 4.79 Å². The molecule has 0 radical (unpaired) electrons. The van der Waals surface area contributed by atoms with Crippen LogP contribution in [0.4, 0.5) is 16.2 Å². The smallest absolute Gasteiger partial charge is 0.316 e. The lowest BCUT2D eigenvalue weighted by molar-refractivity contribution is 0.169. The van der Waals surface area contributed by atoms with E-state index in [1.807, 2.05) is 24.3 Å². The third-order valence-corrected chi connectivity index (χ3v) is 4.60. The molecular weight excluding hydrogens is 252 g/mol. The largest absolute Gasteiger partial charge is 0.382 e. The van der Waals surface area contributed by atoms with Gasteiger partial charge in [0.15, 0.2) is 0 Å². The number of nitrogens with zero attached hydrogens (tertiary/aromatic N) is 1. The summed E-state index contributed by atoms with van der Waals surface area (Å²) in [6.45, 7) is 0. The van der Waals surface area contributed by atoms with Crippen LogP contribution in [0.3, 0.4) is 0 Å².